The van der Waals surface area contributed by atoms with E-state index >= 15 is 0 Å². The van der Waals surface area contributed by atoms with Gasteiger partial charge in [-0.25, -0.2) is 0 Å². The van der Waals surface area contributed by atoms with Crippen molar-refractivity contribution in [3.63, 3.8) is 0 Å². The smallest absolute Gasteiger partial charge is 0.149 e. The maximum atomic E-state index is 10.5. The summed E-state index contributed by atoms with van der Waals surface area (Å²) in [4.78, 5) is 10.5. The SMILES string of the molecule is CO[C@@H](C=O)C1CCOCC1. The van der Waals surface area contributed by atoms with E-state index in [1.54, 1.807) is 7.11 Å². The second kappa shape index (κ2) is 4.46. The molecular weight excluding hydrogens is 144 g/mol. The molecule has 11 heavy (non-hydrogen) atoms. The summed E-state index contributed by atoms with van der Waals surface area (Å²) >= 11 is 0. The van der Waals surface area contributed by atoms with Crippen molar-refractivity contribution in [3.05, 3.63) is 0 Å². The molecule has 1 rings (SSSR count). The third-order valence-electron chi connectivity index (χ3n) is 2.14. The van der Waals surface area contributed by atoms with Crippen LogP contribution in [0.1, 0.15) is 12.8 Å². The van der Waals surface area contributed by atoms with Gasteiger partial charge in [0.25, 0.3) is 0 Å². The maximum Gasteiger partial charge on any atom is 0.149 e. The Kier molecular flexibility index (Phi) is 3.52. The molecule has 1 heterocycles. The van der Waals surface area contributed by atoms with Crippen LogP contribution >= 0.6 is 0 Å². The molecule has 1 aliphatic heterocycles. The molecule has 1 aliphatic rings. The zero-order valence-electron chi connectivity index (χ0n) is 6.79. The zero-order chi connectivity index (χ0) is 8.10. The standard InChI is InChI=1S/C8H14O3/c1-10-8(6-9)7-2-4-11-5-3-7/h6-8H,2-5H2,1H3/t8-/m0/s1. The molecule has 0 saturated carbocycles. The highest BCUT2D eigenvalue weighted by atomic mass is 16.5. The molecule has 1 saturated heterocycles. The lowest BCUT2D eigenvalue weighted by Crippen LogP contribution is -2.29. The summed E-state index contributed by atoms with van der Waals surface area (Å²) in [5, 5.41) is 0. The summed E-state index contributed by atoms with van der Waals surface area (Å²) < 4.78 is 10.2. The zero-order valence-corrected chi connectivity index (χ0v) is 6.79. The molecule has 0 radical (unpaired) electrons. The first-order chi connectivity index (χ1) is 5.38. The van der Waals surface area contributed by atoms with Crippen LogP contribution < -0.4 is 0 Å². The summed E-state index contributed by atoms with van der Waals surface area (Å²) in [5.74, 6) is 0.367. The van der Waals surface area contributed by atoms with Crippen molar-refractivity contribution in [1.82, 2.24) is 0 Å². The number of carbonyl (C=O) groups is 1. The van der Waals surface area contributed by atoms with Gasteiger partial charge in [0, 0.05) is 20.3 Å². The van der Waals surface area contributed by atoms with Crippen LogP contribution in [-0.4, -0.2) is 32.7 Å². The molecule has 64 valence electrons. The van der Waals surface area contributed by atoms with Gasteiger partial charge < -0.3 is 14.3 Å². The fraction of sp³-hybridized carbons (Fsp3) is 0.875. The van der Waals surface area contributed by atoms with E-state index in [9.17, 15) is 4.79 Å². The second-order valence-corrected chi connectivity index (χ2v) is 2.79. The molecule has 3 heteroatoms. The van der Waals surface area contributed by atoms with Crippen LogP contribution in [0.5, 0.6) is 0 Å². The summed E-state index contributed by atoms with van der Waals surface area (Å²) in [6.45, 7) is 1.52. The fourth-order valence-corrected chi connectivity index (χ4v) is 1.40. The van der Waals surface area contributed by atoms with Crippen molar-refractivity contribution >= 4 is 6.29 Å². The van der Waals surface area contributed by atoms with Crippen molar-refractivity contribution in [2.75, 3.05) is 20.3 Å². The summed E-state index contributed by atoms with van der Waals surface area (Å²) in [6.07, 6.45) is 2.55. The van der Waals surface area contributed by atoms with Crippen molar-refractivity contribution in [3.8, 4) is 0 Å². The molecule has 0 aromatic heterocycles. The number of hydrogen-bond donors (Lipinski definition) is 0. The van der Waals surface area contributed by atoms with Gasteiger partial charge >= 0.3 is 0 Å². The van der Waals surface area contributed by atoms with Gasteiger partial charge in [-0.3, -0.25) is 0 Å². The van der Waals surface area contributed by atoms with E-state index in [4.69, 9.17) is 9.47 Å². The van der Waals surface area contributed by atoms with Crippen molar-refractivity contribution in [2.45, 2.75) is 18.9 Å². The average Bonchev–Trinajstić information content (AvgIpc) is 2.09. The average molecular weight is 158 g/mol. The predicted molar refractivity (Wildman–Crippen MR) is 40.4 cm³/mol. The van der Waals surface area contributed by atoms with Crippen LogP contribution in [-0.2, 0) is 14.3 Å². The lowest BCUT2D eigenvalue weighted by Gasteiger charge is -2.25. The second-order valence-electron chi connectivity index (χ2n) is 2.79. The van der Waals surface area contributed by atoms with Crippen LogP contribution in [0.15, 0.2) is 0 Å². The first-order valence-corrected chi connectivity index (χ1v) is 3.94. The van der Waals surface area contributed by atoms with E-state index < -0.39 is 0 Å². The van der Waals surface area contributed by atoms with Gasteiger partial charge in [0.2, 0.25) is 0 Å². The molecule has 0 bridgehead atoms. The van der Waals surface area contributed by atoms with Gasteiger partial charge in [-0.2, -0.15) is 0 Å². The first-order valence-electron chi connectivity index (χ1n) is 3.94. The molecule has 0 aromatic rings. The van der Waals surface area contributed by atoms with E-state index in [0.717, 1.165) is 32.3 Å². The molecule has 0 unspecified atom stereocenters. The number of rotatable bonds is 3. The third-order valence-corrected chi connectivity index (χ3v) is 2.14. The lowest BCUT2D eigenvalue weighted by atomic mass is 9.95. The minimum absolute atomic E-state index is 0.223. The molecule has 1 fully saturated rings. The number of carbonyl (C=O) groups excluding carboxylic acids is 1. The van der Waals surface area contributed by atoms with E-state index in [2.05, 4.69) is 0 Å². The largest absolute Gasteiger partial charge is 0.381 e. The van der Waals surface area contributed by atoms with Crippen LogP contribution in [0.25, 0.3) is 0 Å². The topological polar surface area (TPSA) is 35.5 Å². The molecular formula is C8H14O3. The molecule has 0 aliphatic carbocycles. The predicted octanol–water partition coefficient (Wildman–Crippen LogP) is 0.627. The van der Waals surface area contributed by atoms with Gasteiger partial charge in [0.1, 0.15) is 12.4 Å². The monoisotopic (exact) mass is 158 g/mol. The minimum Gasteiger partial charge on any atom is -0.381 e. The Bertz CT molecular complexity index is 119. The summed E-state index contributed by atoms with van der Waals surface area (Å²) in [7, 11) is 1.58. The van der Waals surface area contributed by atoms with Gasteiger partial charge in [0.05, 0.1) is 0 Å². The molecule has 0 spiro atoms. The summed E-state index contributed by atoms with van der Waals surface area (Å²) in [6, 6.07) is 0. The number of aldehydes is 1. The normalized spacial score (nSPS) is 23.0. The van der Waals surface area contributed by atoms with Gasteiger partial charge in [-0.15, -0.1) is 0 Å². The quantitative estimate of drug-likeness (QED) is 0.565. The Morgan fingerprint density at radius 1 is 1.55 bits per heavy atom. The molecule has 0 amide bonds. The highest BCUT2D eigenvalue weighted by Gasteiger charge is 2.22. The maximum absolute atomic E-state index is 10.5. The Balaban J connectivity index is 2.35. The van der Waals surface area contributed by atoms with E-state index in [1.807, 2.05) is 0 Å². The Morgan fingerprint density at radius 2 is 2.18 bits per heavy atom. The van der Waals surface area contributed by atoms with E-state index in [0.29, 0.717) is 5.92 Å². The lowest BCUT2D eigenvalue weighted by molar-refractivity contribution is -0.121. The van der Waals surface area contributed by atoms with Crippen molar-refractivity contribution in [1.29, 1.82) is 0 Å². The van der Waals surface area contributed by atoms with Crippen LogP contribution in [0.2, 0.25) is 0 Å². The van der Waals surface area contributed by atoms with Gasteiger partial charge in [0.15, 0.2) is 0 Å². The van der Waals surface area contributed by atoms with Crippen LogP contribution in [0, 0.1) is 5.92 Å². The number of hydrogen-bond acceptors (Lipinski definition) is 3. The Hall–Kier alpha value is -0.410. The fourth-order valence-electron chi connectivity index (χ4n) is 1.40. The highest BCUT2D eigenvalue weighted by molar-refractivity contribution is 5.56. The Morgan fingerprint density at radius 3 is 2.64 bits per heavy atom. The van der Waals surface area contributed by atoms with Gasteiger partial charge in [-0.1, -0.05) is 0 Å². The summed E-state index contributed by atoms with van der Waals surface area (Å²) in [5.41, 5.74) is 0. The Labute approximate surface area is 66.7 Å². The highest BCUT2D eigenvalue weighted by Crippen LogP contribution is 2.19. The van der Waals surface area contributed by atoms with Crippen molar-refractivity contribution < 1.29 is 14.3 Å². The van der Waals surface area contributed by atoms with Gasteiger partial charge in [-0.05, 0) is 18.8 Å². The molecule has 1 atom stereocenters. The van der Waals surface area contributed by atoms with E-state index in [-0.39, 0.29) is 6.10 Å². The third kappa shape index (κ3) is 2.27. The van der Waals surface area contributed by atoms with Crippen LogP contribution in [0.3, 0.4) is 0 Å². The minimum atomic E-state index is -0.223. The first kappa shape index (κ1) is 8.68. The molecule has 3 nitrogen and oxygen atoms in total. The number of ether oxygens (including phenoxy) is 2. The van der Waals surface area contributed by atoms with Crippen molar-refractivity contribution in [2.24, 2.45) is 5.92 Å². The van der Waals surface area contributed by atoms with E-state index in [1.165, 1.54) is 0 Å². The number of methoxy groups -OCH3 is 1. The molecule has 0 aromatic carbocycles. The molecule has 0 N–H and O–H groups in total. The van der Waals surface area contributed by atoms with Crippen LogP contribution in [0.4, 0.5) is 0 Å².